The average Bonchev–Trinajstić information content (AvgIpc) is 3.22. The number of anilines is 1. The smallest absolute Gasteiger partial charge is 0.292 e. The molecule has 1 aromatic carbocycles. The molecule has 0 saturated heterocycles. The number of nitro groups is 1. The zero-order valence-corrected chi connectivity index (χ0v) is 10.9. The highest BCUT2D eigenvalue weighted by Crippen LogP contribution is 2.29. The van der Waals surface area contributed by atoms with Crippen LogP contribution in [-0.4, -0.2) is 31.8 Å². The topological polar surface area (TPSA) is 73.6 Å². The summed E-state index contributed by atoms with van der Waals surface area (Å²) in [4.78, 5) is 10.5. The molecule has 19 heavy (non-hydrogen) atoms. The molecule has 0 aromatic heterocycles. The van der Waals surface area contributed by atoms with Crippen LogP contribution in [0.5, 0.6) is 5.75 Å². The number of nitro benzene ring substituents is 1. The second-order valence-electron chi connectivity index (χ2n) is 4.59. The highest BCUT2D eigenvalue weighted by atomic mass is 16.6. The van der Waals surface area contributed by atoms with Crippen molar-refractivity contribution in [1.29, 1.82) is 0 Å². The van der Waals surface area contributed by atoms with Gasteiger partial charge in [-0.25, -0.2) is 0 Å². The number of rotatable bonds is 8. The Morgan fingerprint density at radius 2 is 2.26 bits per heavy atom. The summed E-state index contributed by atoms with van der Waals surface area (Å²) in [7, 11) is 1.53. The van der Waals surface area contributed by atoms with Crippen molar-refractivity contribution in [3.8, 4) is 5.75 Å². The van der Waals surface area contributed by atoms with E-state index in [4.69, 9.17) is 9.47 Å². The van der Waals surface area contributed by atoms with Crippen LogP contribution in [-0.2, 0) is 4.74 Å². The minimum Gasteiger partial charge on any atom is -0.497 e. The van der Waals surface area contributed by atoms with Crippen molar-refractivity contribution in [3.05, 3.63) is 28.3 Å². The van der Waals surface area contributed by atoms with Crippen molar-refractivity contribution in [3.63, 3.8) is 0 Å². The van der Waals surface area contributed by atoms with Crippen LogP contribution in [0, 0.1) is 16.0 Å². The van der Waals surface area contributed by atoms with Gasteiger partial charge in [-0.1, -0.05) is 0 Å². The van der Waals surface area contributed by atoms with Gasteiger partial charge in [-0.2, -0.15) is 0 Å². The van der Waals surface area contributed by atoms with E-state index in [1.54, 1.807) is 12.1 Å². The summed E-state index contributed by atoms with van der Waals surface area (Å²) in [6, 6.07) is 4.64. The monoisotopic (exact) mass is 266 g/mol. The molecule has 2 rings (SSSR count). The SMILES string of the molecule is COc1ccc([N+](=O)[O-])c(NCCOCC2CC2)c1. The maximum Gasteiger partial charge on any atom is 0.292 e. The number of hydrogen-bond donors (Lipinski definition) is 1. The van der Waals surface area contributed by atoms with Crippen molar-refractivity contribution < 1.29 is 14.4 Å². The van der Waals surface area contributed by atoms with Crippen LogP contribution in [0.25, 0.3) is 0 Å². The van der Waals surface area contributed by atoms with E-state index in [0.29, 0.717) is 24.6 Å². The van der Waals surface area contributed by atoms with E-state index in [9.17, 15) is 10.1 Å². The summed E-state index contributed by atoms with van der Waals surface area (Å²) in [6.45, 7) is 1.88. The Hall–Kier alpha value is -1.82. The van der Waals surface area contributed by atoms with Crippen molar-refractivity contribution >= 4 is 11.4 Å². The number of benzene rings is 1. The number of methoxy groups -OCH3 is 1. The van der Waals surface area contributed by atoms with Gasteiger partial charge >= 0.3 is 0 Å². The molecule has 0 bridgehead atoms. The molecule has 0 heterocycles. The molecule has 1 aromatic rings. The Morgan fingerprint density at radius 1 is 1.47 bits per heavy atom. The lowest BCUT2D eigenvalue weighted by atomic mass is 10.2. The Bertz CT molecular complexity index is 446. The largest absolute Gasteiger partial charge is 0.497 e. The normalized spacial score (nSPS) is 14.2. The summed E-state index contributed by atoms with van der Waals surface area (Å²) >= 11 is 0. The fourth-order valence-electron chi connectivity index (χ4n) is 1.74. The van der Waals surface area contributed by atoms with E-state index in [-0.39, 0.29) is 5.69 Å². The van der Waals surface area contributed by atoms with Crippen molar-refractivity contribution in [2.45, 2.75) is 12.8 Å². The maximum atomic E-state index is 10.9. The van der Waals surface area contributed by atoms with Crippen LogP contribution < -0.4 is 10.1 Å². The first-order valence-corrected chi connectivity index (χ1v) is 6.34. The Kier molecular flexibility index (Phi) is 4.57. The zero-order valence-electron chi connectivity index (χ0n) is 10.9. The zero-order chi connectivity index (χ0) is 13.7. The molecule has 0 amide bonds. The molecular weight excluding hydrogens is 248 g/mol. The highest BCUT2D eigenvalue weighted by molar-refractivity contribution is 5.64. The van der Waals surface area contributed by atoms with Crippen LogP contribution in [0.2, 0.25) is 0 Å². The Labute approximate surface area is 111 Å². The molecular formula is C13H18N2O4. The lowest BCUT2D eigenvalue weighted by Gasteiger charge is -2.09. The lowest BCUT2D eigenvalue weighted by molar-refractivity contribution is -0.384. The molecule has 0 unspecified atom stereocenters. The number of hydrogen-bond acceptors (Lipinski definition) is 5. The van der Waals surface area contributed by atoms with Gasteiger partial charge in [0.1, 0.15) is 11.4 Å². The van der Waals surface area contributed by atoms with Gasteiger partial charge in [0.2, 0.25) is 0 Å². The minimum absolute atomic E-state index is 0.0444. The molecule has 1 aliphatic rings. The predicted molar refractivity (Wildman–Crippen MR) is 71.7 cm³/mol. The van der Waals surface area contributed by atoms with E-state index in [1.165, 1.54) is 26.0 Å². The van der Waals surface area contributed by atoms with Crippen LogP contribution in [0.3, 0.4) is 0 Å². The molecule has 6 heteroatoms. The number of ether oxygens (including phenoxy) is 2. The average molecular weight is 266 g/mol. The van der Waals surface area contributed by atoms with Crippen molar-refractivity contribution in [1.82, 2.24) is 0 Å². The molecule has 0 aliphatic heterocycles. The molecule has 1 fully saturated rings. The third-order valence-corrected chi connectivity index (χ3v) is 3.01. The summed E-state index contributed by atoms with van der Waals surface area (Å²) in [5.74, 6) is 1.32. The molecule has 6 nitrogen and oxygen atoms in total. The minimum atomic E-state index is -0.410. The summed E-state index contributed by atoms with van der Waals surface area (Å²) in [5.41, 5.74) is 0.502. The quantitative estimate of drug-likeness (QED) is 0.444. The third-order valence-electron chi connectivity index (χ3n) is 3.01. The first kappa shape index (κ1) is 13.6. The van der Waals surface area contributed by atoms with Gasteiger partial charge in [0.25, 0.3) is 5.69 Å². The molecule has 0 radical (unpaired) electrons. The maximum absolute atomic E-state index is 10.9. The van der Waals surface area contributed by atoms with Crippen LogP contribution in [0.1, 0.15) is 12.8 Å². The van der Waals surface area contributed by atoms with E-state index < -0.39 is 4.92 Å². The van der Waals surface area contributed by atoms with Gasteiger partial charge in [0, 0.05) is 25.3 Å². The van der Waals surface area contributed by atoms with E-state index in [0.717, 1.165) is 12.5 Å². The van der Waals surface area contributed by atoms with Crippen molar-refractivity contribution in [2.75, 3.05) is 32.2 Å². The molecule has 1 aliphatic carbocycles. The van der Waals surface area contributed by atoms with E-state index in [1.807, 2.05) is 0 Å². The fraction of sp³-hybridized carbons (Fsp3) is 0.538. The standard InChI is InChI=1S/C13H18N2O4/c1-18-11-4-5-13(15(16)17)12(8-11)14-6-7-19-9-10-2-3-10/h4-5,8,10,14H,2-3,6-7,9H2,1H3. The van der Waals surface area contributed by atoms with Crippen LogP contribution >= 0.6 is 0 Å². The molecule has 1 N–H and O–H groups in total. The molecule has 1 saturated carbocycles. The summed E-state index contributed by atoms with van der Waals surface area (Å²) in [5, 5.41) is 13.9. The van der Waals surface area contributed by atoms with Crippen LogP contribution in [0.4, 0.5) is 11.4 Å². The lowest BCUT2D eigenvalue weighted by Crippen LogP contribution is -2.11. The van der Waals surface area contributed by atoms with E-state index >= 15 is 0 Å². The third kappa shape index (κ3) is 4.10. The second-order valence-corrected chi connectivity index (χ2v) is 4.59. The number of nitrogens with zero attached hydrogens (tertiary/aromatic N) is 1. The highest BCUT2D eigenvalue weighted by Gasteiger charge is 2.21. The first-order valence-electron chi connectivity index (χ1n) is 6.34. The first-order chi connectivity index (χ1) is 9.20. The fourth-order valence-corrected chi connectivity index (χ4v) is 1.74. The van der Waals surface area contributed by atoms with E-state index in [2.05, 4.69) is 5.32 Å². The predicted octanol–water partition coefficient (Wildman–Crippen LogP) is 2.44. The van der Waals surface area contributed by atoms with Gasteiger partial charge in [0.15, 0.2) is 0 Å². The summed E-state index contributed by atoms with van der Waals surface area (Å²) < 4.78 is 10.5. The van der Waals surface area contributed by atoms with Gasteiger partial charge < -0.3 is 14.8 Å². The van der Waals surface area contributed by atoms with Gasteiger partial charge in [-0.3, -0.25) is 10.1 Å². The summed E-state index contributed by atoms with van der Waals surface area (Å²) in [6.07, 6.45) is 2.52. The van der Waals surface area contributed by atoms with Gasteiger partial charge in [-0.15, -0.1) is 0 Å². The molecule has 0 atom stereocenters. The Morgan fingerprint density at radius 3 is 2.89 bits per heavy atom. The van der Waals surface area contributed by atoms with Crippen LogP contribution in [0.15, 0.2) is 18.2 Å². The van der Waals surface area contributed by atoms with Crippen molar-refractivity contribution in [2.24, 2.45) is 5.92 Å². The second kappa shape index (κ2) is 6.38. The molecule has 104 valence electrons. The Balaban J connectivity index is 1.86. The molecule has 0 spiro atoms. The van der Waals surface area contributed by atoms with Gasteiger partial charge in [-0.05, 0) is 24.8 Å². The number of nitrogens with one attached hydrogen (secondary N) is 1. The van der Waals surface area contributed by atoms with Gasteiger partial charge in [0.05, 0.1) is 18.6 Å².